The molecule has 1 atom stereocenters. The Hall–Kier alpha value is -2.52. The van der Waals surface area contributed by atoms with E-state index in [-0.39, 0.29) is 11.7 Å². The second kappa shape index (κ2) is 10.7. The van der Waals surface area contributed by atoms with Crippen LogP contribution in [0.3, 0.4) is 0 Å². The Morgan fingerprint density at radius 3 is 2.10 bits per heavy atom. The lowest BCUT2D eigenvalue weighted by Crippen LogP contribution is -2.12. The molecule has 0 aliphatic carbocycles. The normalized spacial score (nSPS) is 14.5. The maximum atomic E-state index is 12.6. The van der Waals surface area contributed by atoms with Crippen molar-refractivity contribution in [3.8, 4) is 0 Å². The van der Waals surface area contributed by atoms with Crippen LogP contribution in [0.25, 0.3) is 0 Å². The van der Waals surface area contributed by atoms with Gasteiger partial charge in [0.1, 0.15) is 0 Å². The Labute approximate surface area is 189 Å². The van der Waals surface area contributed by atoms with Crippen molar-refractivity contribution in [1.82, 2.24) is 0 Å². The maximum absolute atomic E-state index is 12.6. The van der Waals surface area contributed by atoms with Gasteiger partial charge in [0, 0.05) is 27.7 Å². The minimum Gasteiger partial charge on any atom is -0.294 e. The van der Waals surface area contributed by atoms with E-state index < -0.39 is 10.8 Å². The molecule has 3 aromatic rings. The number of carbonyl (C=O) groups is 1. The van der Waals surface area contributed by atoms with Crippen molar-refractivity contribution < 1.29 is 9.00 Å². The Bertz CT molecular complexity index is 1050. The van der Waals surface area contributed by atoms with Crippen LogP contribution in [0.15, 0.2) is 82.6 Å². The van der Waals surface area contributed by atoms with Gasteiger partial charge in [0.2, 0.25) is 0 Å². The fourth-order valence-electron chi connectivity index (χ4n) is 4.12. The molecule has 0 bridgehead atoms. The fourth-order valence-corrected chi connectivity index (χ4v) is 5.56. The summed E-state index contributed by atoms with van der Waals surface area (Å²) in [6.07, 6.45) is 2.78. The number of fused-ring (bicyclic) bond motifs is 2. The van der Waals surface area contributed by atoms with Gasteiger partial charge in [-0.25, -0.2) is 4.21 Å². The molecule has 0 radical (unpaired) electrons. The van der Waals surface area contributed by atoms with E-state index in [1.165, 1.54) is 16.7 Å². The summed E-state index contributed by atoms with van der Waals surface area (Å²) < 4.78 is 12.6. The molecular formula is C28H32O2S. The van der Waals surface area contributed by atoms with Crippen molar-refractivity contribution in [1.29, 1.82) is 0 Å². The second-order valence-electron chi connectivity index (χ2n) is 8.28. The number of carbonyl (C=O) groups excluding carboxylic acids is 1. The summed E-state index contributed by atoms with van der Waals surface area (Å²) in [5, 5.41) is 0. The Kier molecular flexibility index (Phi) is 7.97. The first-order chi connectivity index (χ1) is 15.0. The number of hydrogen-bond acceptors (Lipinski definition) is 2. The monoisotopic (exact) mass is 432 g/mol. The van der Waals surface area contributed by atoms with Gasteiger partial charge in [-0.2, -0.15) is 0 Å². The molecule has 1 heterocycles. The molecule has 0 fully saturated rings. The van der Waals surface area contributed by atoms with Gasteiger partial charge in [0.25, 0.3) is 0 Å². The highest BCUT2D eigenvalue weighted by molar-refractivity contribution is 7.85. The predicted octanol–water partition coefficient (Wildman–Crippen LogP) is 7.19. The van der Waals surface area contributed by atoms with Crippen LogP contribution in [0.4, 0.5) is 0 Å². The summed E-state index contributed by atoms with van der Waals surface area (Å²) >= 11 is 0. The smallest absolute Gasteiger partial charge is 0.165 e. The van der Waals surface area contributed by atoms with Crippen LogP contribution in [0.2, 0.25) is 0 Å². The van der Waals surface area contributed by atoms with Crippen LogP contribution in [0.5, 0.6) is 0 Å². The minimum absolute atomic E-state index is 0.197. The third kappa shape index (κ3) is 5.22. The van der Waals surface area contributed by atoms with E-state index in [0.717, 1.165) is 34.6 Å². The standard InChI is InChI=1S/C16H16OS.C12H16O/c1-11(2)13-7-5-9-16-14(13)10-12-6-3-4-8-15(12)18(16)17;1-3-10(4-2)12(13)11-8-6-5-7-9-11/h3-9,11H,10H2,1-2H3;5-10H,3-4H2,1-2H3. The quantitative estimate of drug-likeness (QED) is 0.313. The first kappa shape index (κ1) is 23.1. The van der Waals surface area contributed by atoms with Crippen LogP contribution in [-0.2, 0) is 17.2 Å². The molecule has 1 aliphatic rings. The lowest BCUT2D eigenvalue weighted by Gasteiger charge is -2.23. The number of benzene rings is 3. The summed E-state index contributed by atoms with van der Waals surface area (Å²) in [6, 6.07) is 23.8. The van der Waals surface area contributed by atoms with E-state index in [2.05, 4.69) is 39.8 Å². The molecule has 3 aromatic carbocycles. The molecule has 162 valence electrons. The summed E-state index contributed by atoms with van der Waals surface area (Å²) in [6.45, 7) is 8.52. The molecule has 0 saturated carbocycles. The third-order valence-corrected chi connectivity index (χ3v) is 7.52. The number of hydrogen-bond donors (Lipinski definition) is 0. The van der Waals surface area contributed by atoms with E-state index in [1.54, 1.807) is 0 Å². The van der Waals surface area contributed by atoms with Crippen molar-refractivity contribution in [2.24, 2.45) is 5.92 Å². The molecule has 4 rings (SSSR count). The van der Waals surface area contributed by atoms with Gasteiger partial charge >= 0.3 is 0 Å². The fraction of sp³-hybridized carbons (Fsp3) is 0.321. The van der Waals surface area contributed by atoms with Gasteiger partial charge in [-0.3, -0.25) is 4.79 Å². The van der Waals surface area contributed by atoms with Crippen LogP contribution < -0.4 is 0 Å². The number of rotatable bonds is 5. The number of Topliss-reactive ketones (excluding diaryl/α,β-unsaturated/α-hetero) is 1. The largest absolute Gasteiger partial charge is 0.294 e. The van der Waals surface area contributed by atoms with Crippen molar-refractivity contribution in [3.63, 3.8) is 0 Å². The molecule has 3 heteroatoms. The van der Waals surface area contributed by atoms with Gasteiger partial charge in [-0.05, 0) is 47.6 Å². The Morgan fingerprint density at radius 1 is 0.839 bits per heavy atom. The minimum atomic E-state index is -1.02. The summed E-state index contributed by atoms with van der Waals surface area (Å²) in [4.78, 5) is 13.8. The Balaban J connectivity index is 0.000000187. The maximum Gasteiger partial charge on any atom is 0.165 e. The predicted molar refractivity (Wildman–Crippen MR) is 129 cm³/mol. The third-order valence-electron chi connectivity index (χ3n) is 5.95. The van der Waals surface area contributed by atoms with Gasteiger partial charge in [-0.1, -0.05) is 88.4 Å². The molecular weight excluding hydrogens is 400 g/mol. The van der Waals surface area contributed by atoms with E-state index in [0.29, 0.717) is 5.92 Å². The van der Waals surface area contributed by atoms with E-state index in [1.807, 2.05) is 60.7 Å². The summed E-state index contributed by atoms with van der Waals surface area (Å²) in [5.41, 5.74) is 4.65. The molecule has 0 saturated heterocycles. The van der Waals surface area contributed by atoms with Gasteiger partial charge < -0.3 is 0 Å². The molecule has 0 spiro atoms. The zero-order valence-electron chi connectivity index (χ0n) is 18.9. The highest BCUT2D eigenvalue weighted by Crippen LogP contribution is 2.35. The zero-order chi connectivity index (χ0) is 22.4. The van der Waals surface area contributed by atoms with Gasteiger partial charge in [0.05, 0.1) is 10.8 Å². The lowest BCUT2D eigenvalue weighted by atomic mass is 9.92. The van der Waals surface area contributed by atoms with Crippen molar-refractivity contribution in [2.45, 2.75) is 62.7 Å². The van der Waals surface area contributed by atoms with Gasteiger partial charge in [0.15, 0.2) is 5.78 Å². The van der Waals surface area contributed by atoms with Crippen LogP contribution in [-0.4, -0.2) is 9.99 Å². The average Bonchev–Trinajstić information content (AvgIpc) is 2.80. The highest BCUT2D eigenvalue weighted by atomic mass is 32.2. The number of ketones is 1. The first-order valence-corrected chi connectivity index (χ1v) is 12.3. The zero-order valence-corrected chi connectivity index (χ0v) is 19.7. The van der Waals surface area contributed by atoms with Crippen LogP contribution in [0.1, 0.15) is 73.5 Å². The molecule has 2 nitrogen and oxygen atoms in total. The first-order valence-electron chi connectivity index (χ1n) is 11.2. The van der Waals surface area contributed by atoms with E-state index in [9.17, 15) is 9.00 Å². The molecule has 0 aromatic heterocycles. The molecule has 0 amide bonds. The molecule has 0 N–H and O–H groups in total. The molecule has 1 aliphatic heterocycles. The average molecular weight is 433 g/mol. The summed E-state index contributed by atoms with van der Waals surface area (Å²) in [7, 11) is -1.02. The summed E-state index contributed by atoms with van der Waals surface area (Å²) in [5.74, 6) is 0.954. The van der Waals surface area contributed by atoms with Crippen LogP contribution >= 0.6 is 0 Å². The Morgan fingerprint density at radius 2 is 1.45 bits per heavy atom. The van der Waals surface area contributed by atoms with Crippen molar-refractivity contribution >= 4 is 16.6 Å². The topological polar surface area (TPSA) is 34.1 Å². The molecule has 1 unspecified atom stereocenters. The van der Waals surface area contributed by atoms with Crippen LogP contribution in [0, 0.1) is 5.92 Å². The van der Waals surface area contributed by atoms with Crippen molar-refractivity contribution in [3.05, 3.63) is 95.1 Å². The van der Waals surface area contributed by atoms with E-state index in [4.69, 9.17) is 0 Å². The highest BCUT2D eigenvalue weighted by Gasteiger charge is 2.24. The van der Waals surface area contributed by atoms with Crippen molar-refractivity contribution in [2.75, 3.05) is 0 Å². The lowest BCUT2D eigenvalue weighted by molar-refractivity contribution is 0.0913. The van der Waals surface area contributed by atoms with Gasteiger partial charge in [-0.15, -0.1) is 0 Å². The SMILES string of the molecule is CC(C)c1cccc2c1Cc1ccccc1S2=O.CCC(CC)C(=O)c1ccccc1. The van der Waals surface area contributed by atoms with E-state index >= 15 is 0 Å². The second-order valence-corrected chi connectivity index (χ2v) is 9.69. The molecule has 31 heavy (non-hydrogen) atoms.